The highest BCUT2D eigenvalue weighted by Gasteiger charge is 2.42. The molecular formula is C20H22N2O4S2. The third-order valence-corrected chi connectivity index (χ3v) is 7.62. The van der Waals surface area contributed by atoms with Crippen LogP contribution < -0.4 is 0 Å². The summed E-state index contributed by atoms with van der Waals surface area (Å²) in [6.45, 7) is 3.12. The lowest BCUT2D eigenvalue weighted by atomic mass is 10.2. The number of carboxylic acids is 1. The number of fused-ring (bicyclic) bond motifs is 1. The van der Waals surface area contributed by atoms with Crippen LogP contribution in [0.2, 0.25) is 0 Å². The topological polar surface area (TPSA) is 77.9 Å². The quantitative estimate of drug-likeness (QED) is 0.730. The fourth-order valence-corrected chi connectivity index (χ4v) is 6.42. The lowest BCUT2D eigenvalue weighted by molar-refractivity contribution is -0.141. The zero-order valence-electron chi connectivity index (χ0n) is 15.8. The van der Waals surface area contributed by atoms with Crippen molar-refractivity contribution in [2.24, 2.45) is 0 Å². The Bertz CT molecular complexity index is 1020. The fourth-order valence-electron chi connectivity index (χ4n) is 3.15. The Kier molecular flexibility index (Phi) is 6.20. The van der Waals surface area contributed by atoms with Gasteiger partial charge in [0.2, 0.25) is 10.0 Å². The molecule has 0 fully saturated rings. The summed E-state index contributed by atoms with van der Waals surface area (Å²) in [5.41, 5.74) is 1.21. The number of hydrogen-bond donors (Lipinski definition) is 1. The van der Waals surface area contributed by atoms with E-state index < -0.39 is 22.0 Å². The smallest absolute Gasteiger partial charge is 0.322 e. The minimum atomic E-state index is -3.78. The maximum absolute atomic E-state index is 12.7. The van der Waals surface area contributed by atoms with E-state index in [2.05, 4.69) is 28.9 Å². The van der Waals surface area contributed by atoms with Gasteiger partial charge in [-0.05, 0) is 25.1 Å². The highest BCUT2D eigenvalue weighted by Crippen LogP contribution is 2.38. The van der Waals surface area contributed by atoms with Gasteiger partial charge in [0.1, 0.15) is 6.04 Å². The van der Waals surface area contributed by atoms with Gasteiger partial charge in [-0.1, -0.05) is 49.1 Å². The molecule has 1 unspecified atom stereocenters. The van der Waals surface area contributed by atoms with Crippen molar-refractivity contribution in [1.82, 2.24) is 9.21 Å². The molecule has 148 valence electrons. The summed E-state index contributed by atoms with van der Waals surface area (Å²) >= 11 is 1.32. The Morgan fingerprint density at radius 2 is 2.07 bits per heavy atom. The van der Waals surface area contributed by atoms with Crippen LogP contribution in [0.25, 0.3) is 0 Å². The summed E-state index contributed by atoms with van der Waals surface area (Å²) in [6.07, 6.45) is 0.226. The molecule has 1 aromatic heterocycles. The zero-order valence-corrected chi connectivity index (χ0v) is 17.4. The van der Waals surface area contributed by atoms with Crippen LogP contribution in [0.3, 0.4) is 0 Å². The molecule has 0 radical (unpaired) electrons. The third kappa shape index (κ3) is 4.28. The molecular weight excluding hydrogens is 396 g/mol. The molecule has 2 aromatic rings. The molecule has 28 heavy (non-hydrogen) atoms. The number of thiophene rings is 1. The zero-order chi connectivity index (χ0) is 20.3. The van der Waals surface area contributed by atoms with Crippen molar-refractivity contribution in [1.29, 1.82) is 0 Å². The van der Waals surface area contributed by atoms with Gasteiger partial charge in [0.15, 0.2) is 0 Å². The van der Waals surface area contributed by atoms with Gasteiger partial charge in [-0.2, -0.15) is 4.31 Å². The lowest BCUT2D eigenvalue weighted by Gasteiger charge is -2.21. The Morgan fingerprint density at radius 1 is 1.36 bits per heavy atom. The Morgan fingerprint density at radius 3 is 2.68 bits per heavy atom. The molecule has 0 spiro atoms. The highest BCUT2D eigenvalue weighted by molar-refractivity contribution is 7.89. The van der Waals surface area contributed by atoms with Gasteiger partial charge in [-0.15, -0.1) is 11.3 Å². The van der Waals surface area contributed by atoms with Crippen LogP contribution in [-0.2, 0) is 27.9 Å². The molecule has 3 rings (SSSR count). The molecule has 1 aromatic carbocycles. The number of carboxylic acid groups (broad SMARTS) is 1. The first kappa shape index (κ1) is 20.6. The van der Waals surface area contributed by atoms with Crippen LogP contribution in [0, 0.1) is 11.8 Å². The molecule has 2 heterocycles. The average molecular weight is 419 g/mol. The van der Waals surface area contributed by atoms with Gasteiger partial charge in [0.25, 0.3) is 0 Å². The molecule has 0 amide bonds. The minimum absolute atomic E-state index is 0.0999. The molecule has 1 atom stereocenters. The number of carbonyl (C=O) groups is 1. The van der Waals surface area contributed by atoms with E-state index in [1.165, 1.54) is 16.9 Å². The van der Waals surface area contributed by atoms with Gasteiger partial charge < -0.3 is 5.11 Å². The lowest BCUT2D eigenvalue weighted by Crippen LogP contribution is -2.40. The summed E-state index contributed by atoms with van der Waals surface area (Å²) in [4.78, 5) is 15.0. The van der Waals surface area contributed by atoms with Gasteiger partial charge >= 0.3 is 5.97 Å². The third-order valence-electron chi connectivity index (χ3n) is 4.53. The number of sulfonamides is 1. The second-order valence-corrected chi connectivity index (χ2v) is 9.67. The van der Waals surface area contributed by atoms with Crippen molar-refractivity contribution in [2.75, 3.05) is 13.6 Å². The van der Waals surface area contributed by atoms with Gasteiger partial charge in [-0.3, -0.25) is 9.69 Å². The Labute approximate surface area is 169 Å². The maximum Gasteiger partial charge on any atom is 0.322 e. The van der Waals surface area contributed by atoms with E-state index in [1.807, 2.05) is 25.2 Å². The van der Waals surface area contributed by atoms with E-state index >= 15 is 0 Å². The second-order valence-electron chi connectivity index (χ2n) is 6.67. The fraction of sp³-hybridized carbons (Fsp3) is 0.350. The maximum atomic E-state index is 12.7. The molecule has 6 nitrogen and oxygen atoms in total. The van der Waals surface area contributed by atoms with E-state index in [0.29, 0.717) is 16.3 Å². The first-order valence-corrected chi connectivity index (χ1v) is 11.2. The summed E-state index contributed by atoms with van der Waals surface area (Å²) in [5.74, 6) is 5.00. The normalized spacial score (nSPS) is 16.4. The largest absolute Gasteiger partial charge is 0.480 e. The number of benzene rings is 1. The molecule has 0 aliphatic carbocycles. The monoisotopic (exact) mass is 418 g/mol. The molecule has 1 N–H and O–H groups in total. The number of rotatable bonds is 6. The van der Waals surface area contributed by atoms with Gasteiger partial charge in [0.05, 0.1) is 22.9 Å². The van der Waals surface area contributed by atoms with Crippen molar-refractivity contribution in [3.8, 4) is 11.8 Å². The van der Waals surface area contributed by atoms with E-state index in [4.69, 9.17) is 0 Å². The van der Waals surface area contributed by atoms with Crippen LogP contribution in [-0.4, -0.2) is 48.3 Å². The molecule has 1 aliphatic heterocycles. The SMILES string of the molecule is CCC(C(=O)O)N1Cc2sc(C#CCN(C)Cc3ccccc3)cc2S1(=O)=O. The van der Waals surface area contributed by atoms with Crippen molar-refractivity contribution < 1.29 is 18.3 Å². The van der Waals surface area contributed by atoms with E-state index in [0.717, 1.165) is 10.8 Å². The standard InChI is InChI=1S/C20H22N2O4S2/c1-3-17(20(23)24)22-14-18-19(28(22,25)26)12-16(27-18)10-7-11-21(2)13-15-8-5-4-6-9-15/h4-6,8-9,12,17H,3,11,13-14H2,1-2H3,(H,23,24). The predicted molar refractivity (Wildman–Crippen MR) is 108 cm³/mol. The summed E-state index contributed by atoms with van der Waals surface area (Å²) in [6, 6.07) is 10.6. The van der Waals surface area contributed by atoms with Gasteiger partial charge in [-0.25, -0.2) is 8.42 Å². The first-order valence-electron chi connectivity index (χ1n) is 8.91. The summed E-state index contributed by atoms with van der Waals surface area (Å²) in [5, 5.41) is 9.28. The second kappa shape index (κ2) is 8.45. The van der Waals surface area contributed by atoms with Crippen molar-refractivity contribution >= 4 is 27.3 Å². The van der Waals surface area contributed by atoms with Crippen molar-refractivity contribution in [2.45, 2.75) is 37.4 Å². The van der Waals surface area contributed by atoms with Crippen LogP contribution in [0.15, 0.2) is 41.3 Å². The predicted octanol–water partition coefficient (Wildman–Crippen LogP) is 2.60. The summed E-state index contributed by atoms with van der Waals surface area (Å²) in [7, 11) is -1.80. The van der Waals surface area contributed by atoms with Crippen LogP contribution in [0.4, 0.5) is 0 Å². The Hall–Kier alpha value is -2.18. The number of aliphatic carboxylic acids is 1. The average Bonchev–Trinajstić information content (AvgIpc) is 3.14. The van der Waals surface area contributed by atoms with E-state index in [-0.39, 0.29) is 17.9 Å². The molecule has 1 aliphatic rings. The van der Waals surface area contributed by atoms with E-state index in [1.54, 1.807) is 13.0 Å². The molecule has 8 heteroatoms. The van der Waals surface area contributed by atoms with Crippen LogP contribution >= 0.6 is 11.3 Å². The van der Waals surface area contributed by atoms with Gasteiger partial charge in [0, 0.05) is 11.4 Å². The molecule has 0 saturated carbocycles. The van der Waals surface area contributed by atoms with Crippen molar-refractivity contribution in [3.63, 3.8) is 0 Å². The first-order chi connectivity index (χ1) is 13.3. The highest BCUT2D eigenvalue weighted by atomic mass is 32.2. The number of hydrogen-bond acceptors (Lipinski definition) is 5. The number of nitrogens with zero attached hydrogens (tertiary/aromatic N) is 2. The molecule has 0 bridgehead atoms. The minimum Gasteiger partial charge on any atom is -0.480 e. The van der Waals surface area contributed by atoms with Crippen LogP contribution in [0.1, 0.15) is 28.7 Å². The van der Waals surface area contributed by atoms with Crippen LogP contribution in [0.5, 0.6) is 0 Å². The van der Waals surface area contributed by atoms with Crippen molar-refractivity contribution in [3.05, 3.63) is 51.7 Å². The summed E-state index contributed by atoms with van der Waals surface area (Å²) < 4.78 is 26.5. The van der Waals surface area contributed by atoms with E-state index in [9.17, 15) is 18.3 Å². The molecule has 0 saturated heterocycles. The Balaban J connectivity index is 1.68.